The van der Waals surface area contributed by atoms with Gasteiger partial charge in [0.15, 0.2) is 9.84 Å². The first-order chi connectivity index (χ1) is 13.7. The van der Waals surface area contributed by atoms with Crippen molar-refractivity contribution in [3.8, 4) is 0 Å². The zero-order valence-electron chi connectivity index (χ0n) is 17.0. The maximum atomic E-state index is 13.0. The fourth-order valence-electron chi connectivity index (χ4n) is 4.73. The Hall–Kier alpha value is -1.93. The maximum Gasteiger partial charge on any atom is 0.316 e. The number of carbonyl (C=O) groups excluding carboxylic acids is 1. The van der Waals surface area contributed by atoms with Gasteiger partial charge in [-0.25, -0.2) is 8.42 Å². The quantitative estimate of drug-likeness (QED) is 0.651. The van der Waals surface area contributed by atoms with Crippen LogP contribution in [0.5, 0.6) is 0 Å². The van der Waals surface area contributed by atoms with Crippen LogP contribution in [0.4, 0.5) is 0 Å². The number of nitrogens with one attached hydrogen (secondary N) is 1. The van der Waals surface area contributed by atoms with Crippen molar-refractivity contribution in [2.75, 3.05) is 12.3 Å². The molecule has 2 fully saturated rings. The van der Waals surface area contributed by atoms with Gasteiger partial charge < -0.3 is 15.3 Å². The second-order valence-corrected chi connectivity index (χ2v) is 10.5. The Labute approximate surface area is 172 Å². The zero-order valence-corrected chi connectivity index (χ0v) is 17.8. The molecule has 160 valence electrons. The fourth-order valence-corrected chi connectivity index (χ4v) is 6.41. The molecule has 0 aromatic heterocycles. The second kappa shape index (κ2) is 8.83. The summed E-state index contributed by atoms with van der Waals surface area (Å²) in [6.07, 6.45) is 2.45. The van der Waals surface area contributed by atoms with Gasteiger partial charge >= 0.3 is 5.97 Å². The number of aliphatic carboxylic acids is 1. The van der Waals surface area contributed by atoms with Crippen molar-refractivity contribution in [1.82, 2.24) is 10.2 Å². The predicted octanol–water partition coefficient (Wildman–Crippen LogP) is 1.93. The molecule has 3 rings (SSSR count). The van der Waals surface area contributed by atoms with E-state index < -0.39 is 21.7 Å². The number of rotatable bonds is 7. The topological polar surface area (TPSA) is 104 Å². The van der Waals surface area contributed by atoms with Crippen molar-refractivity contribution in [3.05, 3.63) is 30.3 Å². The Morgan fingerprint density at radius 2 is 1.90 bits per heavy atom. The molecular formula is C21H30N2O5S. The first-order valence-electron chi connectivity index (χ1n) is 10.3. The predicted molar refractivity (Wildman–Crippen MR) is 109 cm³/mol. The van der Waals surface area contributed by atoms with Crippen molar-refractivity contribution in [3.63, 3.8) is 0 Å². The molecule has 1 aliphatic heterocycles. The summed E-state index contributed by atoms with van der Waals surface area (Å²) in [6.45, 7) is 4.50. The molecule has 1 aromatic carbocycles. The highest BCUT2D eigenvalue weighted by atomic mass is 32.2. The third-order valence-corrected chi connectivity index (χ3v) is 7.84. The van der Waals surface area contributed by atoms with Crippen LogP contribution < -0.4 is 5.32 Å². The average molecular weight is 423 g/mol. The molecule has 0 bridgehead atoms. The van der Waals surface area contributed by atoms with Crippen molar-refractivity contribution >= 4 is 21.7 Å². The van der Waals surface area contributed by atoms with Crippen LogP contribution in [0.1, 0.15) is 39.5 Å². The smallest absolute Gasteiger partial charge is 0.316 e. The summed E-state index contributed by atoms with van der Waals surface area (Å²) in [6, 6.07) is 8.61. The summed E-state index contributed by atoms with van der Waals surface area (Å²) in [5.41, 5.74) is 0. The molecule has 29 heavy (non-hydrogen) atoms. The highest BCUT2D eigenvalue weighted by Crippen LogP contribution is 2.35. The van der Waals surface area contributed by atoms with Crippen molar-refractivity contribution in [2.24, 2.45) is 11.8 Å². The Balaban J connectivity index is 1.83. The molecule has 1 heterocycles. The lowest BCUT2D eigenvalue weighted by Gasteiger charge is -2.41. The fraction of sp³-hybridized carbons (Fsp3) is 0.619. The Kier molecular flexibility index (Phi) is 6.63. The third kappa shape index (κ3) is 4.98. The lowest BCUT2D eigenvalue weighted by Crippen LogP contribution is -2.51. The number of sulfone groups is 1. The molecule has 4 atom stereocenters. The minimum Gasteiger partial charge on any atom is -0.481 e. The van der Waals surface area contributed by atoms with Crippen LogP contribution in [-0.2, 0) is 19.4 Å². The van der Waals surface area contributed by atoms with Crippen LogP contribution >= 0.6 is 0 Å². The van der Waals surface area contributed by atoms with E-state index in [0.29, 0.717) is 19.4 Å². The molecular weight excluding hydrogens is 392 g/mol. The maximum absolute atomic E-state index is 13.0. The molecule has 1 aromatic rings. The SMILES string of the molecule is CC(C)NC1CC[C@H](N2CCC(C(=O)O)C2=O)[C@@H](CS(=O)(=O)c2ccccc2)C1. The molecule has 1 amide bonds. The number of amides is 1. The highest BCUT2D eigenvalue weighted by Gasteiger charge is 2.45. The zero-order chi connectivity index (χ0) is 21.2. The van der Waals surface area contributed by atoms with Crippen LogP contribution in [0.25, 0.3) is 0 Å². The Bertz CT molecular complexity index is 840. The lowest BCUT2D eigenvalue weighted by atomic mass is 9.81. The van der Waals surface area contributed by atoms with Gasteiger partial charge in [0.25, 0.3) is 0 Å². The normalized spacial score (nSPS) is 28.1. The number of hydrogen-bond donors (Lipinski definition) is 2. The number of benzene rings is 1. The van der Waals surface area contributed by atoms with E-state index in [9.17, 15) is 23.1 Å². The van der Waals surface area contributed by atoms with E-state index in [0.717, 1.165) is 6.42 Å². The number of likely N-dealkylation sites (tertiary alicyclic amines) is 1. The molecule has 1 saturated carbocycles. The van der Waals surface area contributed by atoms with Gasteiger partial charge in [-0.1, -0.05) is 32.0 Å². The first-order valence-corrected chi connectivity index (χ1v) is 11.9. The van der Waals surface area contributed by atoms with E-state index in [4.69, 9.17) is 0 Å². The van der Waals surface area contributed by atoms with Crippen LogP contribution in [0, 0.1) is 11.8 Å². The van der Waals surface area contributed by atoms with E-state index in [1.54, 1.807) is 35.2 Å². The van der Waals surface area contributed by atoms with Gasteiger partial charge in [-0.3, -0.25) is 9.59 Å². The van der Waals surface area contributed by atoms with Gasteiger partial charge in [-0.2, -0.15) is 0 Å². The van der Waals surface area contributed by atoms with Gasteiger partial charge in [0, 0.05) is 24.7 Å². The van der Waals surface area contributed by atoms with Crippen LogP contribution in [0.3, 0.4) is 0 Å². The molecule has 2 aliphatic rings. The van der Waals surface area contributed by atoms with Gasteiger partial charge in [0.05, 0.1) is 10.6 Å². The van der Waals surface area contributed by atoms with Gasteiger partial charge in [0.2, 0.25) is 5.91 Å². The summed E-state index contributed by atoms with van der Waals surface area (Å²) in [5.74, 6) is -2.75. The minimum absolute atomic E-state index is 0.0422. The standard InChI is InChI=1S/C21H30N2O5S/c1-14(2)22-16-8-9-19(23-11-10-18(20(23)24)21(25)26)15(12-16)13-29(27,28)17-6-4-3-5-7-17/h3-7,14-16,18-19,22H,8-13H2,1-2H3,(H,25,26)/t15-,16?,18?,19+/m1/s1. The van der Waals surface area contributed by atoms with E-state index in [1.807, 2.05) is 0 Å². The summed E-state index contributed by atoms with van der Waals surface area (Å²) in [4.78, 5) is 25.9. The largest absolute Gasteiger partial charge is 0.481 e. The summed E-state index contributed by atoms with van der Waals surface area (Å²) >= 11 is 0. The van der Waals surface area contributed by atoms with Crippen molar-refractivity contribution in [2.45, 2.75) is 62.6 Å². The van der Waals surface area contributed by atoms with Gasteiger partial charge in [0.1, 0.15) is 5.92 Å². The van der Waals surface area contributed by atoms with Gasteiger partial charge in [-0.05, 0) is 43.7 Å². The summed E-state index contributed by atoms with van der Waals surface area (Å²) in [5, 5.41) is 12.8. The molecule has 0 spiro atoms. The minimum atomic E-state index is -3.50. The molecule has 1 aliphatic carbocycles. The van der Waals surface area contributed by atoms with E-state index in [-0.39, 0.29) is 47.0 Å². The van der Waals surface area contributed by atoms with E-state index >= 15 is 0 Å². The molecule has 8 heteroatoms. The van der Waals surface area contributed by atoms with Crippen LogP contribution in [0.2, 0.25) is 0 Å². The Morgan fingerprint density at radius 3 is 2.48 bits per heavy atom. The molecule has 2 N–H and O–H groups in total. The average Bonchev–Trinajstić information content (AvgIpc) is 3.03. The van der Waals surface area contributed by atoms with Crippen molar-refractivity contribution in [1.29, 1.82) is 0 Å². The summed E-state index contributed by atoms with van der Waals surface area (Å²) in [7, 11) is -3.50. The highest BCUT2D eigenvalue weighted by molar-refractivity contribution is 7.91. The van der Waals surface area contributed by atoms with E-state index in [1.165, 1.54) is 0 Å². The third-order valence-electron chi connectivity index (χ3n) is 5.99. The first kappa shape index (κ1) is 21.8. The second-order valence-electron chi connectivity index (χ2n) is 8.46. The number of nitrogens with zero attached hydrogens (tertiary/aromatic N) is 1. The van der Waals surface area contributed by atoms with Crippen LogP contribution in [-0.4, -0.2) is 60.7 Å². The Morgan fingerprint density at radius 1 is 1.21 bits per heavy atom. The lowest BCUT2D eigenvalue weighted by molar-refractivity contribution is -0.148. The molecule has 1 saturated heterocycles. The number of carbonyl (C=O) groups is 2. The summed E-state index contributed by atoms with van der Waals surface area (Å²) < 4.78 is 26.1. The molecule has 2 unspecified atom stereocenters. The molecule has 7 nitrogen and oxygen atoms in total. The van der Waals surface area contributed by atoms with Gasteiger partial charge in [-0.15, -0.1) is 0 Å². The van der Waals surface area contributed by atoms with Crippen molar-refractivity contribution < 1.29 is 23.1 Å². The number of carboxylic acids is 1. The van der Waals surface area contributed by atoms with E-state index in [2.05, 4.69) is 19.2 Å². The number of hydrogen-bond acceptors (Lipinski definition) is 5. The molecule has 0 radical (unpaired) electrons. The van der Waals surface area contributed by atoms with Crippen LogP contribution in [0.15, 0.2) is 35.2 Å². The number of carboxylic acid groups (broad SMARTS) is 1. The monoisotopic (exact) mass is 422 g/mol.